The Labute approximate surface area is 147 Å². The van der Waals surface area contributed by atoms with E-state index >= 15 is 0 Å². The van der Waals surface area contributed by atoms with Crippen LogP contribution in [0.4, 0.5) is 0 Å². The van der Waals surface area contributed by atoms with Gasteiger partial charge in [0.1, 0.15) is 6.26 Å². The molecule has 2 aromatic heterocycles. The maximum absolute atomic E-state index is 12.9. The Morgan fingerprint density at radius 2 is 2.16 bits per heavy atom. The Morgan fingerprint density at radius 1 is 1.32 bits per heavy atom. The molecular weight excluding hydrogens is 318 g/mol. The first-order chi connectivity index (χ1) is 12.3. The van der Waals surface area contributed by atoms with Crippen LogP contribution < -0.4 is 0 Å². The van der Waals surface area contributed by atoms with E-state index < -0.39 is 0 Å². The van der Waals surface area contributed by atoms with Gasteiger partial charge in [-0.05, 0) is 30.2 Å². The van der Waals surface area contributed by atoms with E-state index in [2.05, 4.69) is 9.88 Å². The molecular formula is C19H23N3O3. The molecule has 0 bridgehead atoms. The van der Waals surface area contributed by atoms with Gasteiger partial charge in [-0.15, -0.1) is 0 Å². The third kappa shape index (κ3) is 3.19. The van der Waals surface area contributed by atoms with Gasteiger partial charge in [0.05, 0.1) is 24.0 Å². The summed E-state index contributed by atoms with van der Waals surface area (Å²) in [7, 11) is 1.78. The second-order valence-corrected chi connectivity index (χ2v) is 6.85. The van der Waals surface area contributed by atoms with E-state index in [4.69, 9.17) is 9.15 Å². The Bertz CT molecular complexity index is 704. The minimum atomic E-state index is 0.0593. The number of methoxy groups -OCH3 is 1. The van der Waals surface area contributed by atoms with Crippen molar-refractivity contribution in [1.29, 1.82) is 0 Å². The average molecular weight is 341 g/mol. The van der Waals surface area contributed by atoms with Crippen molar-refractivity contribution in [1.82, 2.24) is 14.8 Å². The highest BCUT2D eigenvalue weighted by molar-refractivity contribution is 5.94. The molecule has 0 radical (unpaired) electrons. The van der Waals surface area contributed by atoms with E-state index in [1.165, 1.54) is 11.8 Å². The topological polar surface area (TPSA) is 58.8 Å². The van der Waals surface area contributed by atoms with Gasteiger partial charge in [0.2, 0.25) is 0 Å². The fourth-order valence-corrected chi connectivity index (χ4v) is 4.21. The number of carbonyl (C=O) groups is 1. The summed E-state index contributed by atoms with van der Waals surface area (Å²) in [5.74, 6) is 0.403. The summed E-state index contributed by atoms with van der Waals surface area (Å²) in [5.41, 5.74) is 1.87. The minimum Gasteiger partial charge on any atom is -0.472 e. The van der Waals surface area contributed by atoms with E-state index in [1.54, 1.807) is 19.4 Å². The first-order valence-electron chi connectivity index (χ1n) is 8.73. The number of piperidine rings is 1. The molecule has 2 saturated heterocycles. The minimum absolute atomic E-state index is 0.0593. The van der Waals surface area contributed by atoms with Crippen LogP contribution in [0.5, 0.6) is 0 Å². The molecule has 3 atom stereocenters. The predicted octanol–water partition coefficient (Wildman–Crippen LogP) is 2.04. The molecule has 2 aromatic rings. The number of amides is 1. The Balaban J connectivity index is 1.52. The summed E-state index contributed by atoms with van der Waals surface area (Å²) in [6.07, 6.45) is 7.82. The zero-order valence-corrected chi connectivity index (χ0v) is 14.4. The van der Waals surface area contributed by atoms with Gasteiger partial charge >= 0.3 is 0 Å². The van der Waals surface area contributed by atoms with Crippen molar-refractivity contribution in [3.63, 3.8) is 0 Å². The van der Waals surface area contributed by atoms with E-state index in [-0.39, 0.29) is 18.1 Å². The summed E-state index contributed by atoms with van der Waals surface area (Å²) in [5, 5.41) is 0. The SMILES string of the molecule is CO[C@@H]1CCN(C(=O)c2ccoc2)[C@H]2CN(Cc3ccncc3)C[C@@H]12. The number of ether oxygens (including phenoxy) is 1. The first-order valence-corrected chi connectivity index (χ1v) is 8.73. The smallest absolute Gasteiger partial charge is 0.257 e. The molecule has 6 nitrogen and oxygen atoms in total. The number of carbonyl (C=O) groups excluding carboxylic acids is 1. The summed E-state index contributed by atoms with van der Waals surface area (Å²) in [6.45, 7) is 3.42. The Kier molecular flexibility index (Phi) is 4.55. The second-order valence-electron chi connectivity index (χ2n) is 6.85. The van der Waals surface area contributed by atoms with Crippen LogP contribution in [0.25, 0.3) is 0 Å². The molecule has 0 unspecified atom stereocenters. The molecule has 2 fully saturated rings. The van der Waals surface area contributed by atoms with Gasteiger partial charge in [0.25, 0.3) is 5.91 Å². The zero-order chi connectivity index (χ0) is 17.2. The van der Waals surface area contributed by atoms with E-state index in [0.717, 1.165) is 32.6 Å². The number of hydrogen-bond acceptors (Lipinski definition) is 5. The number of furan rings is 1. The maximum Gasteiger partial charge on any atom is 0.257 e. The van der Waals surface area contributed by atoms with Crippen molar-refractivity contribution in [3.05, 3.63) is 54.2 Å². The lowest BCUT2D eigenvalue weighted by Crippen LogP contribution is -2.53. The van der Waals surface area contributed by atoms with E-state index in [1.807, 2.05) is 29.4 Å². The summed E-state index contributed by atoms with van der Waals surface area (Å²) < 4.78 is 10.8. The third-order valence-corrected chi connectivity index (χ3v) is 5.43. The van der Waals surface area contributed by atoms with Crippen molar-refractivity contribution in [2.24, 2.45) is 5.92 Å². The monoisotopic (exact) mass is 341 g/mol. The molecule has 0 saturated carbocycles. The maximum atomic E-state index is 12.9. The number of aromatic nitrogens is 1. The number of rotatable bonds is 4. The van der Waals surface area contributed by atoms with E-state index in [0.29, 0.717) is 11.5 Å². The van der Waals surface area contributed by atoms with Gasteiger partial charge < -0.3 is 14.1 Å². The van der Waals surface area contributed by atoms with Gasteiger partial charge in [-0.3, -0.25) is 14.7 Å². The van der Waals surface area contributed by atoms with Gasteiger partial charge in [0, 0.05) is 51.6 Å². The summed E-state index contributed by atoms with van der Waals surface area (Å²) in [4.78, 5) is 21.4. The normalized spacial score (nSPS) is 26.6. The molecule has 25 heavy (non-hydrogen) atoms. The highest BCUT2D eigenvalue weighted by Gasteiger charge is 2.46. The van der Waals surface area contributed by atoms with Crippen LogP contribution in [-0.4, -0.2) is 59.6 Å². The van der Waals surface area contributed by atoms with Gasteiger partial charge in [-0.1, -0.05) is 0 Å². The molecule has 1 amide bonds. The van der Waals surface area contributed by atoms with E-state index in [9.17, 15) is 4.79 Å². The van der Waals surface area contributed by atoms with Crippen molar-refractivity contribution in [3.8, 4) is 0 Å². The number of pyridine rings is 1. The largest absolute Gasteiger partial charge is 0.472 e. The molecule has 132 valence electrons. The van der Waals surface area contributed by atoms with Crippen LogP contribution in [0, 0.1) is 5.92 Å². The van der Waals surface area contributed by atoms with Crippen LogP contribution in [0.1, 0.15) is 22.3 Å². The molecule has 0 aliphatic carbocycles. The lowest BCUT2D eigenvalue weighted by molar-refractivity contribution is -0.0157. The Morgan fingerprint density at radius 3 is 2.88 bits per heavy atom. The lowest BCUT2D eigenvalue weighted by atomic mass is 9.88. The zero-order valence-electron chi connectivity index (χ0n) is 14.4. The predicted molar refractivity (Wildman–Crippen MR) is 92.0 cm³/mol. The second kappa shape index (κ2) is 6.98. The average Bonchev–Trinajstić information content (AvgIpc) is 3.31. The Hall–Kier alpha value is -2.18. The molecule has 4 heterocycles. The molecule has 2 aliphatic heterocycles. The molecule has 6 heteroatoms. The molecule has 0 aromatic carbocycles. The van der Waals surface area contributed by atoms with Gasteiger partial charge in [0.15, 0.2) is 0 Å². The highest BCUT2D eigenvalue weighted by Crippen LogP contribution is 2.34. The van der Waals surface area contributed by atoms with Crippen LogP contribution >= 0.6 is 0 Å². The van der Waals surface area contributed by atoms with Crippen LogP contribution in [0.15, 0.2) is 47.5 Å². The fourth-order valence-electron chi connectivity index (χ4n) is 4.21. The highest BCUT2D eigenvalue weighted by atomic mass is 16.5. The summed E-state index contributed by atoms with van der Waals surface area (Å²) >= 11 is 0. The molecule has 0 spiro atoms. The number of hydrogen-bond donors (Lipinski definition) is 0. The third-order valence-electron chi connectivity index (χ3n) is 5.43. The van der Waals surface area contributed by atoms with Crippen molar-refractivity contribution < 1.29 is 13.9 Å². The molecule has 2 aliphatic rings. The number of fused-ring (bicyclic) bond motifs is 1. The molecule has 4 rings (SSSR count). The fraction of sp³-hybridized carbons (Fsp3) is 0.474. The van der Waals surface area contributed by atoms with Crippen molar-refractivity contribution >= 4 is 5.91 Å². The van der Waals surface area contributed by atoms with Crippen LogP contribution in [0.2, 0.25) is 0 Å². The van der Waals surface area contributed by atoms with Crippen LogP contribution in [0.3, 0.4) is 0 Å². The number of likely N-dealkylation sites (tertiary alicyclic amines) is 2. The number of nitrogens with zero attached hydrogens (tertiary/aromatic N) is 3. The van der Waals surface area contributed by atoms with Crippen molar-refractivity contribution in [2.45, 2.75) is 25.1 Å². The quantitative estimate of drug-likeness (QED) is 0.852. The van der Waals surface area contributed by atoms with Crippen LogP contribution in [-0.2, 0) is 11.3 Å². The summed E-state index contributed by atoms with van der Waals surface area (Å²) in [6, 6.07) is 6.01. The lowest BCUT2D eigenvalue weighted by Gasteiger charge is -2.41. The standard InChI is InChI=1S/C19H23N3O3/c1-24-18-4-8-22(19(23)15-5-9-25-13-15)17-12-21(11-16(17)18)10-14-2-6-20-7-3-14/h2-3,5-7,9,13,16-18H,4,8,10-12H2,1H3/t16-,17+,18-/m1/s1. The van der Waals surface area contributed by atoms with Gasteiger partial charge in [-0.25, -0.2) is 0 Å². The molecule has 0 N–H and O–H groups in total. The van der Waals surface area contributed by atoms with Gasteiger partial charge in [-0.2, -0.15) is 0 Å². The first kappa shape index (κ1) is 16.3. The van der Waals surface area contributed by atoms with Crippen molar-refractivity contribution in [2.75, 3.05) is 26.7 Å².